The van der Waals surface area contributed by atoms with Gasteiger partial charge in [-0.3, -0.25) is 9.88 Å². The third-order valence-corrected chi connectivity index (χ3v) is 3.55. The number of rotatable bonds is 3. The first kappa shape index (κ1) is 10.9. The van der Waals surface area contributed by atoms with Crippen molar-refractivity contribution in [1.29, 1.82) is 0 Å². The van der Waals surface area contributed by atoms with Gasteiger partial charge in [-0.15, -0.1) is 0 Å². The molecule has 0 unspecified atom stereocenters. The fourth-order valence-corrected chi connectivity index (χ4v) is 2.64. The van der Waals surface area contributed by atoms with Gasteiger partial charge in [-0.25, -0.2) is 0 Å². The van der Waals surface area contributed by atoms with Crippen molar-refractivity contribution in [3.63, 3.8) is 0 Å². The van der Waals surface area contributed by atoms with Crippen LogP contribution in [0.15, 0.2) is 18.3 Å². The first-order valence-electron chi connectivity index (χ1n) is 5.32. The molecule has 1 saturated heterocycles. The summed E-state index contributed by atoms with van der Waals surface area (Å²) in [7, 11) is 0. The molecule has 2 N–H and O–H groups in total. The Bertz CT molecular complexity index is 293. The average molecular weight is 223 g/mol. The smallest absolute Gasteiger partial charge is 0.0544 e. The van der Waals surface area contributed by atoms with Crippen LogP contribution in [0, 0.1) is 0 Å². The second kappa shape index (κ2) is 5.49. The molecule has 0 aromatic carbocycles. The molecule has 0 aliphatic carbocycles. The molecule has 0 saturated carbocycles. The number of pyridine rings is 1. The molecule has 1 aromatic heterocycles. The van der Waals surface area contributed by atoms with Gasteiger partial charge in [0.05, 0.1) is 5.69 Å². The average Bonchev–Trinajstić information content (AvgIpc) is 2.31. The van der Waals surface area contributed by atoms with Gasteiger partial charge in [0.1, 0.15) is 0 Å². The molecule has 0 amide bonds. The second-order valence-corrected chi connectivity index (χ2v) is 4.98. The summed E-state index contributed by atoms with van der Waals surface area (Å²) in [6.07, 6.45) is 1.88. The Morgan fingerprint density at radius 1 is 1.33 bits per heavy atom. The maximum atomic E-state index is 5.53. The van der Waals surface area contributed by atoms with Crippen LogP contribution < -0.4 is 5.73 Å². The van der Waals surface area contributed by atoms with Crippen molar-refractivity contribution < 1.29 is 0 Å². The summed E-state index contributed by atoms with van der Waals surface area (Å²) in [6.45, 7) is 3.93. The largest absolute Gasteiger partial charge is 0.326 e. The van der Waals surface area contributed by atoms with Crippen LogP contribution in [-0.4, -0.2) is 34.5 Å². The maximum Gasteiger partial charge on any atom is 0.0544 e. The predicted octanol–water partition coefficient (Wildman–Crippen LogP) is 1.09. The molecule has 1 fully saturated rings. The van der Waals surface area contributed by atoms with Gasteiger partial charge in [-0.1, -0.05) is 6.07 Å². The molecule has 1 aromatic rings. The van der Waals surface area contributed by atoms with Crippen LogP contribution in [0.2, 0.25) is 0 Å². The van der Waals surface area contributed by atoms with Crippen LogP contribution in [0.3, 0.4) is 0 Å². The highest BCUT2D eigenvalue weighted by molar-refractivity contribution is 7.99. The zero-order valence-corrected chi connectivity index (χ0v) is 9.67. The summed E-state index contributed by atoms with van der Waals surface area (Å²) in [5.41, 5.74) is 7.79. The third kappa shape index (κ3) is 3.19. The minimum atomic E-state index is 0.577. The molecular formula is C11H17N3S. The SMILES string of the molecule is NCc1ccc(CN2CCSCC2)nc1. The van der Waals surface area contributed by atoms with E-state index in [-0.39, 0.29) is 0 Å². The summed E-state index contributed by atoms with van der Waals surface area (Å²) in [5, 5.41) is 0. The maximum absolute atomic E-state index is 5.53. The third-order valence-electron chi connectivity index (χ3n) is 2.61. The minimum absolute atomic E-state index is 0.577. The fourth-order valence-electron chi connectivity index (χ4n) is 1.66. The van der Waals surface area contributed by atoms with Crippen LogP contribution >= 0.6 is 11.8 Å². The van der Waals surface area contributed by atoms with E-state index in [4.69, 9.17) is 5.73 Å². The van der Waals surface area contributed by atoms with Crippen LogP contribution in [0.5, 0.6) is 0 Å². The van der Waals surface area contributed by atoms with Gasteiger partial charge in [0.2, 0.25) is 0 Å². The van der Waals surface area contributed by atoms with Crippen molar-refractivity contribution in [2.24, 2.45) is 5.73 Å². The Morgan fingerprint density at radius 2 is 2.13 bits per heavy atom. The number of hydrogen-bond acceptors (Lipinski definition) is 4. The Morgan fingerprint density at radius 3 is 2.73 bits per heavy atom. The van der Waals surface area contributed by atoms with Crippen LogP contribution in [0.25, 0.3) is 0 Å². The number of hydrogen-bond donors (Lipinski definition) is 1. The molecule has 0 radical (unpaired) electrons. The molecule has 15 heavy (non-hydrogen) atoms. The standard InChI is InChI=1S/C11H17N3S/c12-7-10-1-2-11(13-8-10)9-14-3-5-15-6-4-14/h1-2,8H,3-7,9,12H2. The number of thioether (sulfide) groups is 1. The summed E-state index contributed by atoms with van der Waals surface area (Å²) in [5.74, 6) is 2.50. The Hall–Kier alpha value is -0.580. The molecule has 0 spiro atoms. The molecule has 2 rings (SSSR count). The predicted molar refractivity (Wildman–Crippen MR) is 64.7 cm³/mol. The zero-order chi connectivity index (χ0) is 10.5. The van der Waals surface area contributed by atoms with E-state index >= 15 is 0 Å². The van der Waals surface area contributed by atoms with E-state index in [2.05, 4.69) is 22.0 Å². The zero-order valence-electron chi connectivity index (χ0n) is 8.85. The molecule has 82 valence electrons. The van der Waals surface area contributed by atoms with Gasteiger partial charge >= 0.3 is 0 Å². The quantitative estimate of drug-likeness (QED) is 0.833. The molecule has 0 bridgehead atoms. The second-order valence-electron chi connectivity index (χ2n) is 3.75. The lowest BCUT2D eigenvalue weighted by Crippen LogP contribution is -2.32. The summed E-state index contributed by atoms with van der Waals surface area (Å²) >= 11 is 2.04. The van der Waals surface area contributed by atoms with E-state index in [0.717, 1.165) is 17.8 Å². The first-order chi connectivity index (χ1) is 7.38. The van der Waals surface area contributed by atoms with E-state index < -0.39 is 0 Å². The van der Waals surface area contributed by atoms with Gasteiger partial charge in [-0.2, -0.15) is 11.8 Å². The highest BCUT2D eigenvalue weighted by Gasteiger charge is 2.10. The first-order valence-corrected chi connectivity index (χ1v) is 6.48. The minimum Gasteiger partial charge on any atom is -0.326 e. The lowest BCUT2D eigenvalue weighted by Gasteiger charge is -2.25. The Kier molecular flexibility index (Phi) is 4.00. The van der Waals surface area contributed by atoms with Crippen molar-refractivity contribution in [3.8, 4) is 0 Å². The van der Waals surface area contributed by atoms with Crippen molar-refractivity contribution in [2.45, 2.75) is 13.1 Å². The van der Waals surface area contributed by atoms with Gasteiger partial charge in [0.15, 0.2) is 0 Å². The van der Waals surface area contributed by atoms with Crippen LogP contribution in [0.4, 0.5) is 0 Å². The summed E-state index contributed by atoms with van der Waals surface area (Å²) in [6, 6.07) is 4.16. The van der Waals surface area contributed by atoms with Gasteiger partial charge in [0.25, 0.3) is 0 Å². The summed E-state index contributed by atoms with van der Waals surface area (Å²) in [4.78, 5) is 6.87. The van der Waals surface area contributed by atoms with Gasteiger partial charge in [-0.05, 0) is 11.6 Å². The van der Waals surface area contributed by atoms with E-state index in [1.807, 2.05) is 18.0 Å². The topological polar surface area (TPSA) is 42.1 Å². The highest BCUT2D eigenvalue weighted by atomic mass is 32.2. The lowest BCUT2D eigenvalue weighted by atomic mass is 10.2. The van der Waals surface area contributed by atoms with Crippen molar-refractivity contribution in [2.75, 3.05) is 24.6 Å². The van der Waals surface area contributed by atoms with Gasteiger partial charge in [0, 0.05) is 43.9 Å². The van der Waals surface area contributed by atoms with E-state index in [1.54, 1.807) is 0 Å². The monoisotopic (exact) mass is 223 g/mol. The Labute approximate surface area is 95.1 Å². The molecule has 3 nitrogen and oxygen atoms in total. The number of nitrogens with zero attached hydrogens (tertiary/aromatic N) is 2. The van der Waals surface area contributed by atoms with E-state index in [9.17, 15) is 0 Å². The highest BCUT2D eigenvalue weighted by Crippen LogP contribution is 2.11. The van der Waals surface area contributed by atoms with Crippen LogP contribution in [-0.2, 0) is 13.1 Å². The van der Waals surface area contributed by atoms with Crippen molar-refractivity contribution >= 4 is 11.8 Å². The Balaban J connectivity index is 1.91. The number of aromatic nitrogens is 1. The molecule has 4 heteroatoms. The fraction of sp³-hybridized carbons (Fsp3) is 0.545. The van der Waals surface area contributed by atoms with E-state index in [0.29, 0.717) is 6.54 Å². The van der Waals surface area contributed by atoms with E-state index in [1.165, 1.54) is 24.6 Å². The molecule has 0 atom stereocenters. The molecule has 2 heterocycles. The van der Waals surface area contributed by atoms with Gasteiger partial charge < -0.3 is 5.73 Å². The lowest BCUT2D eigenvalue weighted by molar-refractivity contribution is 0.291. The van der Waals surface area contributed by atoms with Crippen LogP contribution in [0.1, 0.15) is 11.3 Å². The normalized spacial score (nSPS) is 17.9. The molecule has 1 aliphatic heterocycles. The van der Waals surface area contributed by atoms with Crippen molar-refractivity contribution in [3.05, 3.63) is 29.6 Å². The number of nitrogens with two attached hydrogens (primary N) is 1. The summed E-state index contributed by atoms with van der Waals surface area (Å²) < 4.78 is 0. The molecular weight excluding hydrogens is 206 g/mol. The molecule has 1 aliphatic rings. The van der Waals surface area contributed by atoms with Crippen molar-refractivity contribution in [1.82, 2.24) is 9.88 Å².